The van der Waals surface area contributed by atoms with Crippen molar-refractivity contribution in [3.8, 4) is 6.07 Å². The largest absolute Gasteiger partial charge is 0.525 e. The highest BCUT2D eigenvalue weighted by Gasteiger charge is 2.53. The molecular weight excluding hydrogens is 355 g/mol. The van der Waals surface area contributed by atoms with E-state index >= 15 is 0 Å². The zero-order chi connectivity index (χ0) is 16.7. The van der Waals surface area contributed by atoms with Crippen molar-refractivity contribution in [2.75, 3.05) is 0 Å². The number of nitrogens with zero attached hydrogens (tertiary/aromatic N) is 1. The van der Waals surface area contributed by atoms with E-state index in [1.54, 1.807) is 33.8 Å². The van der Waals surface area contributed by atoms with Gasteiger partial charge in [0.1, 0.15) is 17.6 Å². The van der Waals surface area contributed by atoms with Crippen molar-refractivity contribution < 1.29 is 18.1 Å². The molecule has 1 saturated heterocycles. The van der Waals surface area contributed by atoms with Gasteiger partial charge >= 0.3 is 7.12 Å². The van der Waals surface area contributed by atoms with E-state index in [1.807, 2.05) is 0 Å². The molecule has 0 atom stereocenters. The summed E-state index contributed by atoms with van der Waals surface area (Å²) in [4.78, 5) is 0. The lowest BCUT2D eigenvalue weighted by atomic mass is 9.86. The van der Waals surface area contributed by atoms with E-state index in [0.29, 0.717) is 4.47 Å². The van der Waals surface area contributed by atoms with Crippen LogP contribution in [0.5, 0.6) is 0 Å². The fraction of sp³-hybridized carbons (Fsp3) is 0.400. The summed E-state index contributed by atoms with van der Waals surface area (Å²) in [7, 11) is -1.21. The van der Waals surface area contributed by atoms with Gasteiger partial charge in [0.15, 0.2) is 0 Å². The summed E-state index contributed by atoms with van der Waals surface area (Å²) in [6.07, 6.45) is 0.988. The molecule has 1 heterocycles. The Balaban J connectivity index is 2.38. The van der Waals surface area contributed by atoms with Crippen LogP contribution in [0.2, 0.25) is 0 Å². The van der Waals surface area contributed by atoms with Crippen LogP contribution >= 0.6 is 15.9 Å². The van der Waals surface area contributed by atoms with Crippen LogP contribution in [-0.2, 0) is 9.31 Å². The molecule has 1 aliphatic heterocycles. The van der Waals surface area contributed by atoms with Gasteiger partial charge in [-0.3, -0.25) is 0 Å². The van der Waals surface area contributed by atoms with Crippen molar-refractivity contribution in [2.45, 2.75) is 38.9 Å². The van der Waals surface area contributed by atoms with E-state index in [1.165, 1.54) is 12.1 Å². The van der Waals surface area contributed by atoms with Gasteiger partial charge in [0.25, 0.3) is 0 Å². The number of rotatable bonds is 2. The van der Waals surface area contributed by atoms with E-state index in [2.05, 4.69) is 15.9 Å². The van der Waals surface area contributed by atoms with Gasteiger partial charge in [-0.1, -0.05) is 15.9 Å². The second kappa shape index (κ2) is 5.76. The summed E-state index contributed by atoms with van der Waals surface area (Å²) in [5.74, 6) is -0.788. The fourth-order valence-electron chi connectivity index (χ4n) is 1.95. The van der Waals surface area contributed by atoms with Crippen LogP contribution in [0.15, 0.2) is 22.3 Å². The number of nitriles is 1. The maximum atomic E-state index is 14.4. The number of hydrogen-bond donors (Lipinski definition) is 0. The summed E-state index contributed by atoms with van der Waals surface area (Å²) < 4.78 is 40.0. The summed E-state index contributed by atoms with van der Waals surface area (Å²) in [5, 5.41) is 8.85. The van der Waals surface area contributed by atoms with E-state index in [0.717, 1.165) is 6.08 Å². The quantitative estimate of drug-likeness (QED) is 0.725. The highest BCUT2D eigenvalue weighted by Crippen LogP contribution is 2.39. The van der Waals surface area contributed by atoms with Gasteiger partial charge in [-0.05, 0) is 45.9 Å². The molecule has 1 aliphatic rings. The molecule has 1 aromatic rings. The maximum Gasteiger partial charge on any atom is 0.525 e. The Bertz CT molecular complexity index is 667. The van der Waals surface area contributed by atoms with Crippen LogP contribution in [0.25, 0.3) is 6.08 Å². The molecule has 2 rings (SSSR count). The molecule has 0 unspecified atom stereocenters. The molecule has 1 aromatic carbocycles. The van der Waals surface area contributed by atoms with Crippen LogP contribution in [-0.4, -0.2) is 18.3 Å². The zero-order valence-electron chi connectivity index (χ0n) is 12.7. The minimum atomic E-state index is -1.21. The second-order valence-corrected chi connectivity index (χ2v) is 6.91. The van der Waals surface area contributed by atoms with Crippen molar-refractivity contribution >= 4 is 29.1 Å². The third kappa shape index (κ3) is 2.96. The predicted octanol–water partition coefficient (Wildman–Crippen LogP) is 4.40. The molecule has 0 bridgehead atoms. The van der Waals surface area contributed by atoms with Crippen LogP contribution in [0.4, 0.5) is 8.78 Å². The van der Waals surface area contributed by atoms with Gasteiger partial charge in [-0.2, -0.15) is 5.26 Å². The standard InChI is InChI=1S/C15H15BBrF2NO2/c1-14(2)15(3,4)22-16(21-14)12(18)7-10-11(17)6-5-9(8-20)13(10)19/h5-7H,1-4H3. The molecule has 1 fully saturated rings. The van der Waals surface area contributed by atoms with Gasteiger partial charge in [0.2, 0.25) is 0 Å². The number of benzene rings is 1. The Kier molecular flexibility index (Phi) is 4.49. The predicted molar refractivity (Wildman–Crippen MR) is 84.0 cm³/mol. The molecule has 0 radical (unpaired) electrons. The van der Waals surface area contributed by atoms with Crippen LogP contribution in [0.1, 0.15) is 38.8 Å². The molecule has 0 N–H and O–H groups in total. The average molecular weight is 370 g/mol. The molecule has 0 spiro atoms. The van der Waals surface area contributed by atoms with Crippen LogP contribution < -0.4 is 0 Å². The molecule has 0 saturated carbocycles. The van der Waals surface area contributed by atoms with Crippen molar-refractivity contribution in [3.05, 3.63) is 39.3 Å². The summed E-state index contributed by atoms with van der Waals surface area (Å²) in [5.41, 5.74) is -2.34. The van der Waals surface area contributed by atoms with Crippen molar-refractivity contribution in [1.82, 2.24) is 0 Å². The molecule has 0 amide bonds. The smallest absolute Gasteiger partial charge is 0.398 e. The first-order valence-electron chi connectivity index (χ1n) is 6.70. The summed E-state index contributed by atoms with van der Waals surface area (Å²) in [6.45, 7) is 7.19. The second-order valence-electron chi connectivity index (χ2n) is 6.05. The molecular formula is C15H15BBrF2NO2. The third-order valence-corrected chi connectivity index (χ3v) is 4.70. The lowest BCUT2D eigenvalue weighted by Gasteiger charge is -2.32. The normalized spacial score (nSPS) is 20.1. The van der Waals surface area contributed by atoms with E-state index in [-0.39, 0.29) is 11.1 Å². The minimum absolute atomic E-state index is 0.0498. The SMILES string of the molecule is CC1(C)OB(C(F)=Cc2c(Br)ccc(C#N)c2F)OC1(C)C. The van der Waals surface area contributed by atoms with Gasteiger partial charge in [0.05, 0.1) is 16.8 Å². The van der Waals surface area contributed by atoms with Crippen LogP contribution in [0, 0.1) is 17.1 Å². The zero-order valence-corrected chi connectivity index (χ0v) is 14.3. The molecule has 3 nitrogen and oxygen atoms in total. The lowest BCUT2D eigenvalue weighted by Crippen LogP contribution is -2.41. The van der Waals surface area contributed by atoms with Gasteiger partial charge < -0.3 is 9.31 Å². The lowest BCUT2D eigenvalue weighted by molar-refractivity contribution is 0.00578. The van der Waals surface area contributed by atoms with Gasteiger partial charge in [-0.25, -0.2) is 8.78 Å². The van der Waals surface area contributed by atoms with Crippen molar-refractivity contribution in [2.24, 2.45) is 0 Å². The summed E-state index contributed by atoms with van der Waals surface area (Å²) in [6, 6.07) is 4.54. The highest BCUT2D eigenvalue weighted by molar-refractivity contribution is 9.10. The fourth-order valence-corrected chi connectivity index (χ4v) is 2.37. The van der Waals surface area contributed by atoms with E-state index in [4.69, 9.17) is 14.6 Å². The third-order valence-electron chi connectivity index (χ3n) is 4.01. The molecule has 0 aliphatic carbocycles. The Labute approximate surface area is 137 Å². The van der Waals surface area contributed by atoms with Crippen molar-refractivity contribution in [1.29, 1.82) is 5.26 Å². The molecule has 7 heteroatoms. The van der Waals surface area contributed by atoms with Crippen LogP contribution in [0.3, 0.4) is 0 Å². The Morgan fingerprint density at radius 2 is 1.82 bits per heavy atom. The first-order chi connectivity index (χ1) is 10.1. The Morgan fingerprint density at radius 3 is 2.32 bits per heavy atom. The summed E-state index contributed by atoms with van der Waals surface area (Å²) >= 11 is 3.15. The number of halogens is 3. The topological polar surface area (TPSA) is 42.2 Å². The first kappa shape index (κ1) is 17.1. The number of hydrogen-bond acceptors (Lipinski definition) is 3. The monoisotopic (exact) mass is 369 g/mol. The maximum absolute atomic E-state index is 14.4. The van der Waals surface area contributed by atoms with Gasteiger partial charge in [0, 0.05) is 10.0 Å². The van der Waals surface area contributed by atoms with Crippen molar-refractivity contribution in [3.63, 3.8) is 0 Å². The Morgan fingerprint density at radius 1 is 1.27 bits per heavy atom. The Hall–Kier alpha value is -1.23. The minimum Gasteiger partial charge on any atom is -0.398 e. The molecule has 22 heavy (non-hydrogen) atoms. The van der Waals surface area contributed by atoms with E-state index < -0.39 is 29.9 Å². The first-order valence-corrected chi connectivity index (χ1v) is 7.49. The average Bonchev–Trinajstić information content (AvgIpc) is 2.63. The van der Waals surface area contributed by atoms with E-state index in [9.17, 15) is 8.78 Å². The van der Waals surface area contributed by atoms with Gasteiger partial charge in [-0.15, -0.1) is 0 Å². The molecule has 0 aromatic heterocycles. The molecule has 116 valence electrons. The highest BCUT2D eigenvalue weighted by atomic mass is 79.9.